The molecule has 2 aromatic carbocycles. The predicted molar refractivity (Wildman–Crippen MR) is 105 cm³/mol. The highest BCUT2D eigenvalue weighted by Crippen LogP contribution is 2.33. The quantitative estimate of drug-likeness (QED) is 0.391. The van der Waals surface area contributed by atoms with Gasteiger partial charge in [0.1, 0.15) is 6.54 Å². The zero-order valence-corrected chi connectivity index (χ0v) is 16.0. The Labute approximate surface area is 160 Å². The van der Waals surface area contributed by atoms with Gasteiger partial charge in [0.05, 0.1) is 16.7 Å². The summed E-state index contributed by atoms with van der Waals surface area (Å²) < 4.78 is 7.00. The Balaban J connectivity index is 1.83. The molecule has 0 saturated heterocycles. The van der Waals surface area contributed by atoms with Crippen molar-refractivity contribution < 1.29 is 9.53 Å². The highest BCUT2D eigenvalue weighted by atomic mass is 35.5. The van der Waals surface area contributed by atoms with Crippen LogP contribution in [0.4, 0.5) is 0 Å². The number of halogens is 2. The molecule has 0 unspecified atom stereocenters. The van der Waals surface area contributed by atoms with E-state index in [1.165, 1.54) is 0 Å². The Morgan fingerprint density at radius 3 is 2.72 bits per heavy atom. The standard InChI is InChI=1S/C19H17Cl2NO2S/c1-2-24-19(23)11-22-10-18(14-5-3-4-6-17(14)22)25-12-13-7-8-15(20)16(21)9-13/h3-10H,2,11-12H2,1H3. The first-order valence-corrected chi connectivity index (χ1v) is 9.63. The molecule has 0 atom stereocenters. The topological polar surface area (TPSA) is 31.2 Å². The van der Waals surface area contributed by atoms with Crippen molar-refractivity contribution in [3.63, 3.8) is 0 Å². The molecule has 0 saturated carbocycles. The van der Waals surface area contributed by atoms with Gasteiger partial charge in [0.15, 0.2) is 0 Å². The highest BCUT2D eigenvalue weighted by molar-refractivity contribution is 7.98. The lowest BCUT2D eigenvalue weighted by Crippen LogP contribution is -2.12. The summed E-state index contributed by atoms with van der Waals surface area (Å²) in [5.74, 6) is 0.536. The molecular weight excluding hydrogens is 377 g/mol. The van der Waals surface area contributed by atoms with E-state index in [1.54, 1.807) is 11.8 Å². The smallest absolute Gasteiger partial charge is 0.325 e. The van der Waals surface area contributed by atoms with E-state index in [4.69, 9.17) is 27.9 Å². The SMILES string of the molecule is CCOC(=O)Cn1cc(SCc2ccc(Cl)c(Cl)c2)c2ccccc21. The van der Waals surface area contributed by atoms with Crippen molar-refractivity contribution in [3.8, 4) is 0 Å². The molecule has 0 fully saturated rings. The van der Waals surface area contributed by atoms with Crippen LogP contribution in [-0.4, -0.2) is 17.1 Å². The molecule has 1 aromatic heterocycles. The second kappa shape index (κ2) is 8.17. The second-order valence-electron chi connectivity index (χ2n) is 5.48. The summed E-state index contributed by atoms with van der Waals surface area (Å²) >= 11 is 13.8. The minimum atomic E-state index is -0.232. The number of thioether (sulfide) groups is 1. The molecule has 0 bridgehead atoms. The number of carbonyl (C=O) groups is 1. The number of benzene rings is 2. The summed E-state index contributed by atoms with van der Waals surface area (Å²) in [5, 5.41) is 2.24. The molecule has 6 heteroatoms. The van der Waals surface area contributed by atoms with Gasteiger partial charge in [0.25, 0.3) is 0 Å². The highest BCUT2D eigenvalue weighted by Gasteiger charge is 2.12. The summed E-state index contributed by atoms with van der Waals surface area (Å²) in [6.45, 7) is 2.41. The summed E-state index contributed by atoms with van der Waals surface area (Å²) in [5.41, 5.74) is 2.12. The fourth-order valence-corrected chi connectivity index (χ4v) is 3.95. The third kappa shape index (κ3) is 4.32. The van der Waals surface area contributed by atoms with Crippen molar-refractivity contribution in [2.24, 2.45) is 0 Å². The van der Waals surface area contributed by atoms with Crippen LogP contribution in [0.15, 0.2) is 53.6 Å². The lowest BCUT2D eigenvalue weighted by Gasteiger charge is -2.04. The first-order valence-electron chi connectivity index (χ1n) is 7.88. The van der Waals surface area contributed by atoms with E-state index in [2.05, 4.69) is 6.07 Å². The Kier molecular flexibility index (Phi) is 5.94. The molecule has 130 valence electrons. The maximum absolute atomic E-state index is 11.8. The van der Waals surface area contributed by atoms with Crippen LogP contribution in [0.25, 0.3) is 10.9 Å². The number of para-hydroxylation sites is 1. The third-order valence-electron chi connectivity index (χ3n) is 3.74. The Bertz CT molecular complexity index is 908. The minimum Gasteiger partial charge on any atom is -0.465 e. The summed E-state index contributed by atoms with van der Waals surface area (Å²) in [6.07, 6.45) is 2.00. The van der Waals surface area contributed by atoms with Crippen molar-refractivity contribution in [2.45, 2.75) is 24.1 Å². The number of aromatic nitrogens is 1. The van der Waals surface area contributed by atoms with Crippen LogP contribution in [0.3, 0.4) is 0 Å². The van der Waals surface area contributed by atoms with Crippen molar-refractivity contribution in [2.75, 3.05) is 6.61 Å². The van der Waals surface area contributed by atoms with Gasteiger partial charge in [-0.05, 0) is 30.7 Å². The first-order chi connectivity index (χ1) is 12.1. The number of rotatable bonds is 6. The molecule has 3 aromatic rings. The van der Waals surface area contributed by atoms with Crippen LogP contribution in [0, 0.1) is 0 Å². The molecule has 0 amide bonds. The fraction of sp³-hybridized carbons (Fsp3) is 0.211. The van der Waals surface area contributed by atoms with Crippen LogP contribution in [0.2, 0.25) is 10.0 Å². The van der Waals surface area contributed by atoms with E-state index < -0.39 is 0 Å². The lowest BCUT2D eigenvalue weighted by molar-refractivity contribution is -0.143. The molecule has 1 heterocycles. The number of hydrogen-bond donors (Lipinski definition) is 0. The van der Waals surface area contributed by atoms with E-state index in [-0.39, 0.29) is 12.5 Å². The molecule has 3 nitrogen and oxygen atoms in total. The Hall–Kier alpha value is -1.62. The number of esters is 1. The van der Waals surface area contributed by atoms with E-state index in [0.29, 0.717) is 16.7 Å². The maximum Gasteiger partial charge on any atom is 0.325 e. The molecule has 0 aliphatic carbocycles. The molecule has 25 heavy (non-hydrogen) atoms. The molecule has 3 rings (SSSR count). The Morgan fingerprint density at radius 1 is 1.16 bits per heavy atom. The van der Waals surface area contributed by atoms with Crippen molar-refractivity contribution in [3.05, 3.63) is 64.3 Å². The lowest BCUT2D eigenvalue weighted by atomic mass is 10.2. The molecule has 0 aliphatic rings. The zero-order valence-electron chi connectivity index (χ0n) is 13.7. The van der Waals surface area contributed by atoms with Gasteiger partial charge in [-0.2, -0.15) is 0 Å². The van der Waals surface area contributed by atoms with Crippen LogP contribution in [-0.2, 0) is 21.8 Å². The van der Waals surface area contributed by atoms with Crippen molar-refractivity contribution in [1.29, 1.82) is 0 Å². The summed E-state index contributed by atoms with van der Waals surface area (Å²) in [4.78, 5) is 13.0. The average molecular weight is 394 g/mol. The fourth-order valence-electron chi connectivity index (χ4n) is 2.60. The van der Waals surface area contributed by atoms with E-state index in [0.717, 1.165) is 27.1 Å². The normalized spacial score (nSPS) is 11.0. The largest absolute Gasteiger partial charge is 0.465 e. The number of fused-ring (bicyclic) bond motifs is 1. The van der Waals surface area contributed by atoms with Gasteiger partial charge in [0, 0.05) is 27.7 Å². The van der Waals surface area contributed by atoms with Crippen LogP contribution in [0.1, 0.15) is 12.5 Å². The minimum absolute atomic E-state index is 0.210. The number of ether oxygens (including phenoxy) is 1. The van der Waals surface area contributed by atoms with Crippen LogP contribution < -0.4 is 0 Å². The number of nitrogens with zero attached hydrogens (tertiary/aromatic N) is 1. The van der Waals surface area contributed by atoms with E-state index in [1.807, 2.05) is 54.1 Å². The van der Waals surface area contributed by atoms with Gasteiger partial charge in [-0.3, -0.25) is 4.79 Å². The molecule has 0 N–H and O–H groups in total. The summed E-state index contributed by atoms with van der Waals surface area (Å²) in [6, 6.07) is 13.7. The number of carbonyl (C=O) groups excluding carboxylic acids is 1. The monoisotopic (exact) mass is 393 g/mol. The van der Waals surface area contributed by atoms with Gasteiger partial charge in [-0.25, -0.2) is 0 Å². The van der Waals surface area contributed by atoms with E-state index >= 15 is 0 Å². The van der Waals surface area contributed by atoms with Crippen LogP contribution >= 0.6 is 35.0 Å². The van der Waals surface area contributed by atoms with Gasteiger partial charge >= 0.3 is 5.97 Å². The summed E-state index contributed by atoms with van der Waals surface area (Å²) in [7, 11) is 0. The molecule has 0 aliphatic heterocycles. The van der Waals surface area contributed by atoms with Crippen molar-refractivity contribution >= 4 is 51.8 Å². The van der Waals surface area contributed by atoms with Gasteiger partial charge in [-0.1, -0.05) is 47.5 Å². The maximum atomic E-state index is 11.8. The average Bonchev–Trinajstić information content (AvgIpc) is 2.94. The number of hydrogen-bond acceptors (Lipinski definition) is 3. The van der Waals surface area contributed by atoms with Crippen molar-refractivity contribution in [1.82, 2.24) is 4.57 Å². The van der Waals surface area contributed by atoms with E-state index in [9.17, 15) is 4.79 Å². The Morgan fingerprint density at radius 2 is 1.96 bits per heavy atom. The second-order valence-corrected chi connectivity index (χ2v) is 7.31. The predicted octanol–water partition coefficient (Wildman–Crippen LogP) is 5.80. The van der Waals surface area contributed by atoms with Crippen LogP contribution in [0.5, 0.6) is 0 Å². The van der Waals surface area contributed by atoms with Gasteiger partial charge in [-0.15, -0.1) is 11.8 Å². The molecule has 0 spiro atoms. The van der Waals surface area contributed by atoms with Gasteiger partial charge < -0.3 is 9.30 Å². The first kappa shape index (κ1) is 18.2. The zero-order chi connectivity index (χ0) is 17.8. The van der Waals surface area contributed by atoms with Gasteiger partial charge in [0.2, 0.25) is 0 Å². The third-order valence-corrected chi connectivity index (χ3v) is 5.59. The molecule has 0 radical (unpaired) electrons. The molecular formula is C19H17Cl2NO2S.